The Morgan fingerprint density at radius 1 is 1.29 bits per heavy atom. The van der Waals surface area contributed by atoms with E-state index in [9.17, 15) is 0 Å². The molecule has 1 aliphatic carbocycles. The van der Waals surface area contributed by atoms with Gasteiger partial charge in [0.05, 0.1) is 0 Å². The summed E-state index contributed by atoms with van der Waals surface area (Å²) in [6.45, 7) is 11.7. The second kappa shape index (κ2) is 3.49. The molecule has 2 nitrogen and oxygen atoms in total. The third-order valence-electron chi connectivity index (χ3n) is 3.78. The first kappa shape index (κ1) is 10.4. The normalized spacial score (nSPS) is 33.6. The van der Waals surface area contributed by atoms with Gasteiger partial charge >= 0.3 is 0 Å². The zero-order valence-corrected chi connectivity index (χ0v) is 10.0. The molecule has 1 heterocycles. The lowest BCUT2D eigenvalue weighted by atomic mass is 9.94. The maximum atomic E-state index is 3.71. The molecule has 0 aromatic rings. The van der Waals surface area contributed by atoms with Crippen molar-refractivity contribution in [1.29, 1.82) is 0 Å². The number of nitrogens with zero attached hydrogens (tertiary/aromatic N) is 1. The Kier molecular flexibility index (Phi) is 2.61. The molecule has 1 saturated carbocycles. The standard InChI is InChI=1S/C12H24N2/c1-9(2)14-7-11(10-5-6-10)13-8-12(14,3)4/h9-11,13H,5-8H2,1-4H3. The highest BCUT2D eigenvalue weighted by molar-refractivity contribution is 4.99. The average Bonchev–Trinajstić information content (AvgIpc) is 2.86. The van der Waals surface area contributed by atoms with Crippen molar-refractivity contribution in [3.05, 3.63) is 0 Å². The van der Waals surface area contributed by atoms with Crippen LogP contribution in [0.25, 0.3) is 0 Å². The largest absolute Gasteiger partial charge is 0.311 e. The number of hydrogen-bond donors (Lipinski definition) is 1. The summed E-state index contributed by atoms with van der Waals surface area (Å²) in [6.07, 6.45) is 2.90. The molecule has 1 atom stereocenters. The van der Waals surface area contributed by atoms with Crippen molar-refractivity contribution in [3.8, 4) is 0 Å². The van der Waals surface area contributed by atoms with Gasteiger partial charge in [-0.2, -0.15) is 0 Å². The fourth-order valence-corrected chi connectivity index (χ4v) is 2.73. The quantitative estimate of drug-likeness (QED) is 0.725. The van der Waals surface area contributed by atoms with Gasteiger partial charge in [-0.25, -0.2) is 0 Å². The van der Waals surface area contributed by atoms with Crippen molar-refractivity contribution < 1.29 is 0 Å². The highest BCUT2D eigenvalue weighted by atomic mass is 15.3. The van der Waals surface area contributed by atoms with Crippen LogP contribution in [0.5, 0.6) is 0 Å². The minimum absolute atomic E-state index is 0.333. The first-order valence-corrected chi connectivity index (χ1v) is 6.01. The van der Waals surface area contributed by atoms with E-state index in [4.69, 9.17) is 0 Å². The van der Waals surface area contributed by atoms with Crippen molar-refractivity contribution in [3.63, 3.8) is 0 Å². The van der Waals surface area contributed by atoms with Crippen LogP contribution in [0.2, 0.25) is 0 Å². The van der Waals surface area contributed by atoms with E-state index in [1.54, 1.807) is 0 Å². The summed E-state index contributed by atoms with van der Waals surface area (Å²) in [6, 6.07) is 1.44. The maximum absolute atomic E-state index is 3.71. The fourth-order valence-electron chi connectivity index (χ4n) is 2.73. The number of rotatable bonds is 2. The molecule has 2 aliphatic rings. The summed E-state index contributed by atoms with van der Waals surface area (Å²) in [5.41, 5.74) is 0.333. The van der Waals surface area contributed by atoms with Crippen molar-refractivity contribution in [2.75, 3.05) is 13.1 Å². The Labute approximate surface area is 88.1 Å². The lowest BCUT2D eigenvalue weighted by molar-refractivity contribution is 0.0333. The van der Waals surface area contributed by atoms with Gasteiger partial charge in [0.1, 0.15) is 0 Å². The summed E-state index contributed by atoms with van der Waals surface area (Å²) in [5, 5.41) is 3.71. The van der Waals surface area contributed by atoms with Crippen LogP contribution in [0.15, 0.2) is 0 Å². The number of nitrogens with one attached hydrogen (secondary N) is 1. The Morgan fingerprint density at radius 3 is 2.43 bits per heavy atom. The molecular formula is C12H24N2. The predicted octanol–water partition coefficient (Wildman–Crippen LogP) is 1.86. The smallest absolute Gasteiger partial charge is 0.0281 e. The Hall–Kier alpha value is -0.0800. The monoisotopic (exact) mass is 196 g/mol. The first-order chi connectivity index (χ1) is 6.50. The number of hydrogen-bond acceptors (Lipinski definition) is 2. The third-order valence-corrected chi connectivity index (χ3v) is 3.78. The van der Waals surface area contributed by atoms with Gasteiger partial charge in [0.2, 0.25) is 0 Å². The molecule has 1 N–H and O–H groups in total. The molecule has 0 aromatic carbocycles. The van der Waals surface area contributed by atoms with Crippen molar-refractivity contribution in [2.24, 2.45) is 5.92 Å². The maximum Gasteiger partial charge on any atom is 0.0281 e. The van der Waals surface area contributed by atoms with Gasteiger partial charge in [-0.15, -0.1) is 0 Å². The van der Waals surface area contributed by atoms with E-state index in [1.807, 2.05) is 0 Å². The second-order valence-corrected chi connectivity index (χ2v) is 5.88. The van der Waals surface area contributed by atoms with Crippen molar-refractivity contribution in [1.82, 2.24) is 10.2 Å². The molecule has 0 spiro atoms. The molecular weight excluding hydrogens is 172 g/mol. The van der Waals surface area contributed by atoms with E-state index in [-0.39, 0.29) is 0 Å². The molecule has 0 radical (unpaired) electrons. The van der Waals surface area contributed by atoms with Crippen molar-refractivity contribution in [2.45, 2.75) is 58.2 Å². The summed E-state index contributed by atoms with van der Waals surface area (Å²) in [7, 11) is 0. The predicted molar refractivity (Wildman–Crippen MR) is 60.4 cm³/mol. The number of piperazine rings is 1. The summed E-state index contributed by atoms with van der Waals surface area (Å²) in [4.78, 5) is 2.66. The van der Waals surface area contributed by atoms with Crippen LogP contribution in [-0.2, 0) is 0 Å². The van der Waals surface area contributed by atoms with Crippen LogP contribution in [0, 0.1) is 5.92 Å². The molecule has 0 amide bonds. The van der Waals surface area contributed by atoms with Gasteiger partial charge < -0.3 is 5.32 Å². The summed E-state index contributed by atoms with van der Waals surface area (Å²) in [5.74, 6) is 0.979. The molecule has 2 heteroatoms. The molecule has 0 bridgehead atoms. The minimum Gasteiger partial charge on any atom is -0.311 e. The second-order valence-electron chi connectivity index (χ2n) is 5.88. The van der Waals surface area contributed by atoms with E-state index < -0.39 is 0 Å². The Balaban J connectivity index is 2.01. The first-order valence-electron chi connectivity index (χ1n) is 6.01. The zero-order chi connectivity index (χ0) is 10.3. The zero-order valence-electron chi connectivity index (χ0n) is 10.0. The molecule has 1 saturated heterocycles. The highest BCUT2D eigenvalue weighted by Gasteiger charge is 2.40. The van der Waals surface area contributed by atoms with E-state index in [0.29, 0.717) is 11.6 Å². The lowest BCUT2D eigenvalue weighted by Crippen LogP contribution is -2.64. The molecule has 14 heavy (non-hydrogen) atoms. The van der Waals surface area contributed by atoms with Gasteiger partial charge in [0.15, 0.2) is 0 Å². The van der Waals surface area contributed by atoms with E-state index >= 15 is 0 Å². The molecule has 1 unspecified atom stereocenters. The molecule has 0 aromatic heterocycles. The molecule has 2 fully saturated rings. The third kappa shape index (κ3) is 1.96. The van der Waals surface area contributed by atoms with Gasteiger partial charge in [-0.1, -0.05) is 0 Å². The van der Waals surface area contributed by atoms with Gasteiger partial charge in [-0.3, -0.25) is 4.90 Å². The molecule has 82 valence electrons. The van der Waals surface area contributed by atoms with Crippen LogP contribution in [0.3, 0.4) is 0 Å². The van der Waals surface area contributed by atoms with Gasteiger partial charge in [0.25, 0.3) is 0 Å². The van der Waals surface area contributed by atoms with E-state index in [0.717, 1.165) is 18.5 Å². The Morgan fingerprint density at radius 2 is 1.93 bits per heavy atom. The van der Waals surface area contributed by atoms with Crippen LogP contribution in [0.1, 0.15) is 40.5 Å². The summed E-state index contributed by atoms with van der Waals surface area (Å²) < 4.78 is 0. The van der Waals surface area contributed by atoms with Crippen molar-refractivity contribution >= 4 is 0 Å². The minimum atomic E-state index is 0.333. The Bertz CT molecular complexity index is 206. The summed E-state index contributed by atoms with van der Waals surface area (Å²) >= 11 is 0. The van der Waals surface area contributed by atoms with E-state index in [1.165, 1.54) is 19.4 Å². The van der Waals surface area contributed by atoms with Crippen LogP contribution >= 0.6 is 0 Å². The van der Waals surface area contributed by atoms with Gasteiger partial charge in [0, 0.05) is 30.7 Å². The topological polar surface area (TPSA) is 15.3 Å². The molecule has 1 aliphatic heterocycles. The fraction of sp³-hybridized carbons (Fsp3) is 1.00. The average molecular weight is 196 g/mol. The lowest BCUT2D eigenvalue weighted by Gasteiger charge is -2.48. The van der Waals surface area contributed by atoms with Crippen LogP contribution in [0.4, 0.5) is 0 Å². The van der Waals surface area contributed by atoms with Crippen LogP contribution in [-0.4, -0.2) is 35.6 Å². The highest BCUT2D eigenvalue weighted by Crippen LogP contribution is 2.36. The van der Waals surface area contributed by atoms with Crippen LogP contribution < -0.4 is 5.32 Å². The molecule has 2 rings (SSSR count). The van der Waals surface area contributed by atoms with Gasteiger partial charge in [-0.05, 0) is 46.5 Å². The SMILES string of the molecule is CC(C)N1CC(C2CC2)NCC1(C)C. The van der Waals surface area contributed by atoms with E-state index in [2.05, 4.69) is 37.9 Å².